The van der Waals surface area contributed by atoms with Gasteiger partial charge in [0, 0.05) is 25.4 Å². The Morgan fingerprint density at radius 1 is 1.19 bits per heavy atom. The third-order valence-electron chi connectivity index (χ3n) is 5.73. The van der Waals surface area contributed by atoms with Crippen LogP contribution in [0.15, 0.2) is 30.3 Å². The molecular formula is C23H29N7O. The highest BCUT2D eigenvalue weighted by atomic mass is 16.2. The van der Waals surface area contributed by atoms with Crippen molar-refractivity contribution in [2.45, 2.75) is 40.2 Å². The first kappa shape index (κ1) is 20.8. The molecule has 4 aromatic rings. The first-order valence-electron chi connectivity index (χ1n) is 10.5. The van der Waals surface area contributed by atoms with Gasteiger partial charge in [-0.2, -0.15) is 10.2 Å². The van der Waals surface area contributed by atoms with Crippen molar-refractivity contribution in [1.29, 1.82) is 0 Å². The number of H-pyrrole nitrogens is 1. The molecular weight excluding hydrogens is 390 g/mol. The number of aromatic amines is 1. The second kappa shape index (κ2) is 8.02. The second-order valence-corrected chi connectivity index (χ2v) is 8.51. The summed E-state index contributed by atoms with van der Waals surface area (Å²) in [6, 6.07) is 9.58. The van der Waals surface area contributed by atoms with Gasteiger partial charge < -0.3 is 9.88 Å². The Morgan fingerprint density at radius 2 is 1.94 bits per heavy atom. The Bertz CT molecular complexity index is 1240. The SMILES string of the molecule is Cc1nn(C)c(C)c1-c1cc(C(=O)N[C@@H](CC(C)C)c2nc3ccccc3n2C)[nH]n1. The summed E-state index contributed by atoms with van der Waals surface area (Å²) in [4.78, 5) is 17.9. The number of amides is 1. The Kier molecular flexibility index (Phi) is 5.39. The summed E-state index contributed by atoms with van der Waals surface area (Å²) in [7, 11) is 3.89. The molecule has 1 atom stereocenters. The Hall–Kier alpha value is -3.42. The highest BCUT2D eigenvalue weighted by molar-refractivity contribution is 5.93. The van der Waals surface area contributed by atoms with E-state index in [1.165, 1.54) is 0 Å². The zero-order valence-corrected chi connectivity index (χ0v) is 18.9. The standard InChI is InChI=1S/C23H29N7O/c1-13(2)11-18(22-24-16-9-7-8-10-20(16)29(22)5)25-23(31)19-12-17(26-27-19)21-14(3)28-30(6)15(21)4/h7-10,12-13,18H,11H2,1-6H3,(H,25,31)(H,26,27)/t18-/m0/s1. The third-order valence-corrected chi connectivity index (χ3v) is 5.73. The minimum absolute atomic E-state index is 0.198. The molecule has 8 nitrogen and oxygen atoms in total. The normalized spacial score (nSPS) is 12.6. The van der Waals surface area contributed by atoms with Gasteiger partial charge in [0.25, 0.3) is 5.91 Å². The smallest absolute Gasteiger partial charge is 0.269 e. The lowest BCUT2D eigenvalue weighted by molar-refractivity contribution is 0.0924. The molecule has 0 saturated heterocycles. The van der Waals surface area contributed by atoms with Gasteiger partial charge in [-0.05, 0) is 44.4 Å². The molecule has 0 aliphatic rings. The monoisotopic (exact) mass is 419 g/mol. The van der Waals surface area contributed by atoms with Gasteiger partial charge in [0.1, 0.15) is 11.5 Å². The van der Waals surface area contributed by atoms with Crippen LogP contribution in [0.4, 0.5) is 0 Å². The van der Waals surface area contributed by atoms with E-state index in [4.69, 9.17) is 4.98 Å². The van der Waals surface area contributed by atoms with Crippen LogP contribution in [0.25, 0.3) is 22.3 Å². The van der Waals surface area contributed by atoms with Gasteiger partial charge in [0.2, 0.25) is 0 Å². The number of aryl methyl sites for hydroxylation is 3. The maximum absolute atomic E-state index is 13.1. The predicted molar refractivity (Wildman–Crippen MR) is 121 cm³/mol. The molecule has 0 aliphatic carbocycles. The van der Waals surface area contributed by atoms with Crippen molar-refractivity contribution in [3.8, 4) is 11.3 Å². The number of imidazole rings is 1. The van der Waals surface area contributed by atoms with Crippen LogP contribution in [-0.4, -0.2) is 35.4 Å². The Balaban J connectivity index is 1.63. The summed E-state index contributed by atoms with van der Waals surface area (Å²) in [6.07, 6.45) is 0.782. The van der Waals surface area contributed by atoms with Crippen LogP contribution in [0.1, 0.15) is 54.0 Å². The summed E-state index contributed by atoms with van der Waals surface area (Å²) in [5.41, 5.74) is 5.96. The number of carbonyl (C=O) groups excluding carboxylic acids is 1. The maximum atomic E-state index is 13.1. The van der Waals surface area contributed by atoms with E-state index in [0.717, 1.165) is 45.9 Å². The van der Waals surface area contributed by atoms with Gasteiger partial charge in [-0.1, -0.05) is 26.0 Å². The van der Waals surface area contributed by atoms with E-state index >= 15 is 0 Å². The molecule has 0 aliphatic heterocycles. The van der Waals surface area contributed by atoms with Crippen LogP contribution >= 0.6 is 0 Å². The molecule has 0 radical (unpaired) electrons. The largest absolute Gasteiger partial charge is 0.341 e. The molecule has 4 rings (SSSR count). The number of benzene rings is 1. The number of hydrogen-bond donors (Lipinski definition) is 2. The third kappa shape index (κ3) is 3.85. The van der Waals surface area contributed by atoms with Crippen molar-refractivity contribution in [1.82, 2.24) is 34.8 Å². The van der Waals surface area contributed by atoms with E-state index in [0.29, 0.717) is 11.6 Å². The van der Waals surface area contributed by atoms with Gasteiger partial charge in [0.05, 0.1) is 28.5 Å². The first-order valence-corrected chi connectivity index (χ1v) is 10.5. The highest BCUT2D eigenvalue weighted by Crippen LogP contribution is 2.27. The van der Waals surface area contributed by atoms with Crippen molar-refractivity contribution < 1.29 is 4.79 Å². The maximum Gasteiger partial charge on any atom is 0.269 e. The topological polar surface area (TPSA) is 93.4 Å². The molecule has 0 saturated carbocycles. The van der Waals surface area contributed by atoms with Crippen molar-refractivity contribution in [2.24, 2.45) is 20.0 Å². The minimum atomic E-state index is -0.210. The lowest BCUT2D eigenvalue weighted by atomic mass is 10.0. The molecule has 1 amide bonds. The molecule has 3 heterocycles. The fourth-order valence-electron chi connectivity index (χ4n) is 4.12. The molecule has 3 aromatic heterocycles. The van der Waals surface area contributed by atoms with E-state index in [1.807, 2.05) is 56.9 Å². The van der Waals surface area contributed by atoms with E-state index in [2.05, 4.69) is 39.0 Å². The lowest BCUT2D eigenvalue weighted by Crippen LogP contribution is -2.31. The van der Waals surface area contributed by atoms with Gasteiger partial charge in [-0.3, -0.25) is 14.6 Å². The summed E-state index contributed by atoms with van der Waals surface area (Å²) in [5, 5.41) is 14.9. The Morgan fingerprint density at radius 3 is 2.58 bits per heavy atom. The zero-order chi connectivity index (χ0) is 22.3. The summed E-state index contributed by atoms with van der Waals surface area (Å²) in [6.45, 7) is 8.23. The van der Waals surface area contributed by atoms with Crippen molar-refractivity contribution >= 4 is 16.9 Å². The number of hydrogen-bond acceptors (Lipinski definition) is 4. The Labute approximate surface area is 181 Å². The molecule has 162 valence electrons. The van der Waals surface area contributed by atoms with Crippen molar-refractivity contribution in [2.75, 3.05) is 0 Å². The minimum Gasteiger partial charge on any atom is -0.341 e. The predicted octanol–water partition coefficient (Wildman–Crippen LogP) is 3.83. The number of fused-ring (bicyclic) bond motifs is 1. The van der Waals surface area contributed by atoms with Crippen LogP contribution < -0.4 is 5.32 Å². The van der Waals surface area contributed by atoms with Gasteiger partial charge in [-0.25, -0.2) is 4.98 Å². The van der Waals surface area contributed by atoms with Crippen molar-refractivity contribution in [3.05, 3.63) is 53.2 Å². The number of rotatable bonds is 6. The van der Waals surface area contributed by atoms with Crippen LogP contribution in [0.3, 0.4) is 0 Å². The van der Waals surface area contributed by atoms with Gasteiger partial charge in [0.15, 0.2) is 0 Å². The molecule has 1 aromatic carbocycles. The van der Waals surface area contributed by atoms with Crippen LogP contribution in [0, 0.1) is 19.8 Å². The molecule has 0 fully saturated rings. The fraction of sp³-hybridized carbons (Fsp3) is 0.391. The molecule has 0 bridgehead atoms. The van der Waals surface area contributed by atoms with E-state index in [-0.39, 0.29) is 11.9 Å². The second-order valence-electron chi connectivity index (χ2n) is 8.51. The fourth-order valence-corrected chi connectivity index (χ4v) is 4.12. The molecule has 8 heteroatoms. The first-order chi connectivity index (χ1) is 14.8. The summed E-state index contributed by atoms with van der Waals surface area (Å²) < 4.78 is 3.88. The molecule has 31 heavy (non-hydrogen) atoms. The number of carbonyl (C=O) groups is 1. The summed E-state index contributed by atoms with van der Waals surface area (Å²) in [5.74, 6) is 1.04. The number of nitrogens with one attached hydrogen (secondary N) is 2. The zero-order valence-electron chi connectivity index (χ0n) is 18.9. The van der Waals surface area contributed by atoms with Gasteiger partial charge in [-0.15, -0.1) is 0 Å². The molecule has 2 N–H and O–H groups in total. The van der Waals surface area contributed by atoms with Crippen LogP contribution in [0.2, 0.25) is 0 Å². The highest BCUT2D eigenvalue weighted by Gasteiger charge is 2.24. The summed E-state index contributed by atoms with van der Waals surface area (Å²) >= 11 is 0. The van der Waals surface area contributed by atoms with E-state index in [1.54, 1.807) is 6.07 Å². The van der Waals surface area contributed by atoms with Crippen molar-refractivity contribution in [3.63, 3.8) is 0 Å². The lowest BCUT2D eigenvalue weighted by Gasteiger charge is -2.20. The van der Waals surface area contributed by atoms with E-state index < -0.39 is 0 Å². The van der Waals surface area contributed by atoms with Crippen LogP contribution in [-0.2, 0) is 14.1 Å². The average Bonchev–Trinajstić information content (AvgIpc) is 3.39. The van der Waals surface area contributed by atoms with Crippen LogP contribution in [0.5, 0.6) is 0 Å². The average molecular weight is 420 g/mol. The quantitative estimate of drug-likeness (QED) is 0.497. The number of aromatic nitrogens is 6. The van der Waals surface area contributed by atoms with Gasteiger partial charge >= 0.3 is 0 Å². The molecule has 0 spiro atoms. The van der Waals surface area contributed by atoms with E-state index in [9.17, 15) is 4.79 Å². The molecule has 0 unspecified atom stereocenters. The number of nitrogens with zero attached hydrogens (tertiary/aromatic N) is 5. The number of para-hydroxylation sites is 2.